The summed E-state index contributed by atoms with van der Waals surface area (Å²) in [7, 11) is 0. The molecule has 0 aliphatic carbocycles. The maximum absolute atomic E-state index is 9.17. The van der Waals surface area contributed by atoms with Gasteiger partial charge in [-0.2, -0.15) is 0 Å². The zero-order chi connectivity index (χ0) is 15.4. The Bertz CT molecular complexity index is 538. The van der Waals surface area contributed by atoms with E-state index in [4.69, 9.17) is 10.2 Å². The molecule has 2 heterocycles. The average Bonchev–Trinajstić information content (AvgIpc) is 3.16. The molecule has 2 aliphatic heterocycles. The highest BCUT2D eigenvalue weighted by atomic mass is 32.2. The first-order chi connectivity index (χ1) is 10.8. The van der Waals surface area contributed by atoms with Gasteiger partial charge < -0.3 is 10.2 Å². The smallest absolute Gasteiger partial charge is 0.0746 e. The summed E-state index contributed by atoms with van der Waals surface area (Å²) in [4.78, 5) is 2.15. The maximum Gasteiger partial charge on any atom is 0.0746 e. The van der Waals surface area contributed by atoms with Crippen LogP contribution in [0.1, 0.15) is 11.1 Å². The van der Waals surface area contributed by atoms with E-state index in [1.54, 1.807) is 23.5 Å². The Kier molecular flexibility index (Phi) is 6.30. The Labute approximate surface area is 148 Å². The summed E-state index contributed by atoms with van der Waals surface area (Å²) >= 11 is 7.17. The molecule has 0 radical (unpaired) electrons. The molecule has 2 nitrogen and oxygen atoms in total. The third kappa shape index (κ3) is 4.52. The summed E-state index contributed by atoms with van der Waals surface area (Å²) in [6.07, 6.45) is 2.04. The van der Waals surface area contributed by atoms with E-state index in [9.17, 15) is 0 Å². The van der Waals surface area contributed by atoms with Crippen LogP contribution in [-0.4, -0.2) is 32.6 Å². The first-order valence-electron chi connectivity index (χ1n) is 7.08. The van der Waals surface area contributed by atoms with Crippen molar-refractivity contribution in [1.82, 2.24) is 0 Å². The number of thioether (sulfide) groups is 4. The second kappa shape index (κ2) is 8.22. The molecule has 118 valence electrons. The minimum absolute atomic E-state index is 0.157. The van der Waals surface area contributed by atoms with Crippen molar-refractivity contribution in [2.75, 3.05) is 13.2 Å². The first-order valence-corrected chi connectivity index (χ1v) is 10.7. The van der Waals surface area contributed by atoms with Crippen LogP contribution in [0.15, 0.2) is 44.9 Å². The zero-order valence-electron chi connectivity index (χ0n) is 12.0. The molecule has 2 unspecified atom stereocenters. The lowest BCUT2D eigenvalue weighted by Gasteiger charge is -2.12. The van der Waals surface area contributed by atoms with Crippen molar-refractivity contribution in [1.29, 1.82) is 0 Å². The van der Waals surface area contributed by atoms with E-state index in [1.165, 1.54) is 11.1 Å². The maximum atomic E-state index is 9.17. The van der Waals surface area contributed by atoms with E-state index in [-0.39, 0.29) is 13.2 Å². The molecule has 2 atom stereocenters. The number of rotatable bonds is 6. The van der Waals surface area contributed by atoms with Gasteiger partial charge >= 0.3 is 0 Å². The van der Waals surface area contributed by atoms with Gasteiger partial charge in [0.25, 0.3) is 0 Å². The lowest BCUT2D eigenvalue weighted by Crippen LogP contribution is -2.02. The van der Waals surface area contributed by atoms with Gasteiger partial charge in [0, 0.05) is 9.81 Å². The summed E-state index contributed by atoms with van der Waals surface area (Å²) < 4.78 is 0.963. The third-order valence-corrected chi connectivity index (χ3v) is 8.66. The second-order valence-corrected chi connectivity index (χ2v) is 10.5. The highest BCUT2D eigenvalue weighted by Crippen LogP contribution is 2.42. The molecule has 0 aromatic heterocycles. The molecule has 0 spiro atoms. The Morgan fingerprint density at radius 2 is 1.32 bits per heavy atom. The fraction of sp³-hybridized carbons (Fsp3) is 0.375. The number of hydrogen-bond acceptors (Lipinski definition) is 6. The molecular weight excluding hydrogens is 352 g/mol. The van der Waals surface area contributed by atoms with Gasteiger partial charge in [0.05, 0.1) is 22.4 Å². The molecule has 0 amide bonds. The zero-order valence-corrected chi connectivity index (χ0v) is 15.2. The molecule has 0 bridgehead atoms. The fourth-order valence-corrected chi connectivity index (χ4v) is 7.36. The van der Waals surface area contributed by atoms with Crippen molar-refractivity contribution in [3.05, 3.63) is 56.0 Å². The van der Waals surface area contributed by atoms with Crippen LogP contribution >= 0.6 is 47.0 Å². The number of benzene rings is 1. The summed E-state index contributed by atoms with van der Waals surface area (Å²) in [5.41, 5.74) is 2.72. The van der Waals surface area contributed by atoms with Gasteiger partial charge in [0.2, 0.25) is 0 Å². The average molecular weight is 371 g/mol. The van der Waals surface area contributed by atoms with Crippen LogP contribution in [0.25, 0.3) is 0 Å². The van der Waals surface area contributed by atoms with Gasteiger partial charge in [-0.05, 0) is 34.8 Å². The van der Waals surface area contributed by atoms with Crippen molar-refractivity contribution >= 4 is 47.0 Å². The van der Waals surface area contributed by atoms with E-state index in [1.807, 2.05) is 23.5 Å². The molecule has 1 aromatic carbocycles. The molecular formula is C16H18O2S4. The van der Waals surface area contributed by atoms with Crippen molar-refractivity contribution < 1.29 is 10.2 Å². The SMILES string of the molecule is OCC1=CSC(Cc2cccc(CC3SC=C(CO)S3)c2)S1. The lowest BCUT2D eigenvalue weighted by atomic mass is 10.1. The van der Waals surface area contributed by atoms with Gasteiger partial charge in [-0.1, -0.05) is 24.3 Å². The molecule has 22 heavy (non-hydrogen) atoms. The minimum atomic E-state index is 0.157. The predicted molar refractivity (Wildman–Crippen MR) is 102 cm³/mol. The monoisotopic (exact) mass is 370 g/mol. The van der Waals surface area contributed by atoms with Gasteiger partial charge in [0.1, 0.15) is 0 Å². The van der Waals surface area contributed by atoms with Crippen LogP contribution in [0.3, 0.4) is 0 Å². The normalized spacial score (nSPS) is 24.5. The highest BCUT2D eigenvalue weighted by Gasteiger charge is 2.20. The van der Waals surface area contributed by atoms with E-state index in [0.717, 1.165) is 22.7 Å². The molecule has 3 rings (SSSR count). The third-order valence-electron chi connectivity index (χ3n) is 3.38. The Balaban J connectivity index is 1.55. The first kappa shape index (κ1) is 16.9. The summed E-state index contributed by atoms with van der Waals surface area (Å²) in [5, 5.41) is 22.5. The van der Waals surface area contributed by atoms with Crippen LogP contribution in [0.2, 0.25) is 0 Å². The summed E-state index contributed by atoms with van der Waals surface area (Å²) in [6.45, 7) is 0.315. The van der Waals surface area contributed by atoms with Crippen LogP contribution in [0.4, 0.5) is 0 Å². The van der Waals surface area contributed by atoms with Gasteiger partial charge in [-0.25, -0.2) is 0 Å². The standard InChI is InChI=1S/C16H18O2S4/c17-7-13-9-19-15(21-13)5-11-2-1-3-12(4-11)6-16-20-10-14(8-18)22-16/h1-4,9-10,15-18H,5-8H2. The Hall–Kier alpha value is 0.0200. The predicted octanol–water partition coefficient (Wildman–Crippen LogP) is 4.05. The molecule has 2 aliphatic rings. The fourth-order valence-electron chi connectivity index (χ4n) is 2.35. The van der Waals surface area contributed by atoms with Crippen LogP contribution in [0, 0.1) is 0 Å². The highest BCUT2D eigenvalue weighted by molar-refractivity contribution is 8.23. The van der Waals surface area contributed by atoms with Crippen LogP contribution in [-0.2, 0) is 12.8 Å². The Morgan fingerprint density at radius 3 is 1.73 bits per heavy atom. The van der Waals surface area contributed by atoms with E-state index in [0.29, 0.717) is 9.16 Å². The molecule has 6 heteroatoms. The molecule has 0 fully saturated rings. The minimum Gasteiger partial charge on any atom is -0.391 e. The molecule has 2 N–H and O–H groups in total. The van der Waals surface area contributed by atoms with Crippen LogP contribution in [0.5, 0.6) is 0 Å². The van der Waals surface area contributed by atoms with Crippen molar-refractivity contribution in [2.24, 2.45) is 0 Å². The topological polar surface area (TPSA) is 40.5 Å². The Morgan fingerprint density at radius 1 is 0.818 bits per heavy atom. The molecule has 0 saturated heterocycles. The number of aliphatic hydroxyl groups excluding tert-OH is 2. The largest absolute Gasteiger partial charge is 0.391 e. The van der Waals surface area contributed by atoms with Crippen LogP contribution < -0.4 is 0 Å². The van der Waals surface area contributed by atoms with Crippen molar-refractivity contribution in [2.45, 2.75) is 22.0 Å². The lowest BCUT2D eigenvalue weighted by molar-refractivity contribution is 0.339. The summed E-state index contributed by atoms with van der Waals surface area (Å²) in [6, 6.07) is 8.82. The van der Waals surface area contributed by atoms with E-state index < -0.39 is 0 Å². The number of aliphatic hydroxyl groups is 2. The summed E-state index contributed by atoms with van der Waals surface area (Å²) in [5.74, 6) is 0. The van der Waals surface area contributed by atoms with Gasteiger partial charge in [0.15, 0.2) is 0 Å². The van der Waals surface area contributed by atoms with Crippen molar-refractivity contribution in [3.63, 3.8) is 0 Å². The van der Waals surface area contributed by atoms with Gasteiger partial charge in [-0.15, -0.1) is 47.0 Å². The van der Waals surface area contributed by atoms with Crippen molar-refractivity contribution in [3.8, 4) is 0 Å². The second-order valence-electron chi connectivity index (χ2n) is 5.08. The van der Waals surface area contributed by atoms with Gasteiger partial charge in [-0.3, -0.25) is 0 Å². The van der Waals surface area contributed by atoms with E-state index in [2.05, 4.69) is 35.1 Å². The quantitative estimate of drug-likeness (QED) is 0.787. The van der Waals surface area contributed by atoms with E-state index >= 15 is 0 Å². The number of hydrogen-bond donors (Lipinski definition) is 2. The molecule has 1 aromatic rings. The molecule has 0 saturated carbocycles.